The number of rotatable bonds is 8. The first kappa shape index (κ1) is 85.3. The van der Waals surface area contributed by atoms with Crippen molar-refractivity contribution in [1.82, 2.24) is 0 Å². The summed E-state index contributed by atoms with van der Waals surface area (Å²) >= 11 is -0.543. The first-order valence-electron chi connectivity index (χ1n) is 36.8. The van der Waals surface area contributed by atoms with Crippen LogP contribution in [0.4, 0.5) is 45.5 Å². The van der Waals surface area contributed by atoms with Crippen LogP contribution in [0.5, 0.6) is 11.5 Å². The van der Waals surface area contributed by atoms with Crippen LogP contribution in [0.15, 0.2) is 226 Å². The summed E-state index contributed by atoms with van der Waals surface area (Å²) in [6.45, 7) is 3.20. The summed E-state index contributed by atoms with van der Waals surface area (Å²) in [6.07, 6.45) is 10.9. The first-order chi connectivity index (χ1) is 54.6. The van der Waals surface area contributed by atoms with Gasteiger partial charge in [0.2, 0.25) is 0 Å². The molecule has 10 aromatic rings. The number of amides is 4. The second-order valence-electron chi connectivity index (χ2n) is 28.2. The molecule has 0 fully saturated rings. The zero-order chi connectivity index (χ0) is 80.1. The Morgan fingerprint density at radius 2 is 0.652 bits per heavy atom. The number of methoxy groups -OCH3 is 3. The Morgan fingerprint density at radius 3 is 0.913 bits per heavy atom. The number of hydrogen-bond donors (Lipinski definition) is 5. The molecule has 0 aromatic heterocycles. The monoisotopic (exact) mass is 1660 g/mol. The van der Waals surface area contributed by atoms with Crippen molar-refractivity contribution in [2.24, 2.45) is 20.0 Å². The fourth-order valence-electron chi connectivity index (χ4n) is 14.3. The topological polar surface area (TPSA) is 325 Å². The van der Waals surface area contributed by atoms with Crippen molar-refractivity contribution >= 4 is 126 Å². The first-order valence-corrected chi connectivity index (χ1v) is 45.4. The Labute approximate surface area is 675 Å². The number of para-hydroxylation sites is 4. The third-order valence-electron chi connectivity index (χ3n) is 19.6. The number of aliphatic imine (C=N–C) groups is 4. The van der Waals surface area contributed by atoms with Crippen molar-refractivity contribution in [3.05, 3.63) is 295 Å². The molecule has 0 saturated carbocycles. The summed E-state index contributed by atoms with van der Waals surface area (Å²) in [5.41, 5.74) is 19.0. The predicted molar refractivity (Wildman–Crippen MR) is 452 cm³/mol. The van der Waals surface area contributed by atoms with E-state index in [4.69, 9.17) is 35.0 Å². The second-order valence-corrected chi connectivity index (χ2v) is 36.8. The molecule has 8 heterocycles. The summed E-state index contributed by atoms with van der Waals surface area (Å²) < 4.78 is 15.0. The SMILES string of the molecule is C.COC(=O)c1cc(CO)cc(CO)c1.COc1ccc2c(c1)C(=O)N1c3ccccc3C[C@H]1C=N2.COc1ccc2c(c1)C(=O)N1c3ccccc3C[C@H]1C=N2.Cc1ccc2c(c1)C(=O)N1c3ccccc3C[C@H]1C=N2.Cc1ccc2c(c1)C(=O)N1c3ccccc3C[C@H]1C=N2.O.O=C(O)c1cc(CO)cc(CO)c1.[CH3][Sn]([CH3])[CH3]. The molecule has 0 unspecified atom stereocenters. The summed E-state index contributed by atoms with van der Waals surface area (Å²) in [7, 11) is 4.48. The van der Waals surface area contributed by atoms with Crippen LogP contribution in [0.25, 0.3) is 0 Å². The average molecular weight is 1660 g/mol. The number of nitrogens with zero attached hydrogens (tertiary/aromatic N) is 8. The van der Waals surface area contributed by atoms with E-state index in [1.807, 2.05) is 192 Å². The van der Waals surface area contributed by atoms with Crippen LogP contribution in [0.3, 0.4) is 0 Å². The van der Waals surface area contributed by atoms with Crippen molar-refractivity contribution in [2.45, 2.75) is 112 Å². The molecular weight excluding hydrogens is 1560 g/mol. The molecule has 591 valence electrons. The van der Waals surface area contributed by atoms with Crippen LogP contribution < -0.4 is 29.1 Å². The van der Waals surface area contributed by atoms with Crippen LogP contribution in [0.2, 0.25) is 14.8 Å². The molecule has 0 bridgehead atoms. The van der Waals surface area contributed by atoms with Crippen LogP contribution >= 0.6 is 0 Å². The number of aliphatic hydroxyl groups excluding tert-OH is 4. The van der Waals surface area contributed by atoms with Gasteiger partial charge in [0, 0.05) is 73.3 Å². The van der Waals surface area contributed by atoms with Crippen molar-refractivity contribution in [2.75, 3.05) is 40.9 Å². The van der Waals surface area contributed by atoms with E-state index in [2.05, 4.69) is 63.8 Å². The van der Waals surface area contributed by atoms with E-state index in [-0.39, 0.29) is 92.7 Å². The third-order valence-corrected chi connectivity index (χ3v) is 19.6. The van der Waals surface area contributed by atoms with Crippen molar-refractivity contribution in [3.8, 4) is 11.5 Å². The maximum atomic E-state index is 12.9. The predicted octanol–water partition coefficient (Wildman–Crippen LogP) is 14.5. The van der Waals surface area contributed by atoms with E-state index in [1.165, 1.54) is 53.6 Å². The van der Waals surface area contributed by atoms with Gasteiger partial charge in [0.1, 0.15) is 11.5 Å². The number of fused-ring (bicyclic) bond motifs is 16. The number of hydrogen-bond acceptors (Lipinski definition) is 17. The zero-order valence-corrected chi connectivity index (χ0v) is 67.2. The minimum absolute atomic E-state index is 0. The zero-order valence-electron chi connectivity index (χ0n) is 64.4. The molecule has 4 amide bonds. The van der Waals surface area contributed by atoms with E-state index < -0.39 is 31.7 Å². The molecule has 0 saturated heterocycles. The molecular formula is C91H93N8O15Sn. The van der Waals surface area contributed by atoms with Gasteiger partial charge in [-0.1, -0.05) is 116 Å². The Morgan fingerprint density at radius 1 is 0.391 bits per heavy atom. The van der Waals surface area contributed by atoms with Crippen LogP contribution in [0, 0.1) is 13.8 Å². The molecule has 0 aliphatic carbocycles. The number of carboxylic acids is 1. The van der Waals surface area contributed by atoms with Gasteiger partial charge >= 0.3 is 46.5 Å². The van der Waals surface area contributed by atoms with Gasteiger partial charge in [-0.3, -0.25) is 58.7 Å². The number of carbonyl (C=O) groups is 6. The van der Waals surface area contributed by atoms with E-state index in [9.17, 15) is 28.8 Å². The fourth-order valence-corrected chi connectivity index (χ4v) is 14.3. The van der Waals surface area contributed by atoms with Crippen molar-refractivity contribution in [3.63, 3.8) is 0 Å². The van der Waals surface area contributed by atoms with Crippen molar-refractivity contribution in [1.29, 1.82) is 0 Å². The fraction of sp³-hybridized carbons (Fsp3) is 0.231. The number of anilines is 4. The molecule has 24 heteroatoms. The molecule has 4 atom stereocenters. The van der Waals surface area contributed by atoms with E-state index in [0.717, 1.165) is 70.9 Å². The molecule has 115 heavy (non-hydrogen) atoms. The molecule has 10 aromatic carbocycles. The average Bonchev–Trinajstić information content (AvgIpc) is 1.64. The van der Waals surface area contributed by atoms with Gasteiger partial charge in [-0.05, 0) is 168 Å². The summed E-state index contributed by atoms with van der Waals surface area (Å²) in [6, 6.07) is 63.8. The number of carbonyl (C=O) groups excluding carboxylic acids is 5. The molecule has 0 spiro atoms. The standard InChI is InChI=1S/2C17H14N2O2.2C17H14N2O.C10H12O4.C9H10O4.CH4.3CH3.H2O.Sn/c2*1-21-13-6-7-15-14(9-13)17(20)19-12(10-18-15)8-11-4-2-3-5-16(11)19;2*1-11-6-7-15-14(8-11)17(20)19-13(10-18-15)9-12-4-2-3-5-16(12)19;1-14-10(13)9-3-7(5-11)2-8(4-9)6-12;10-4-6-1-7(5-11)3-8(2-6)9(12)13;;;;;;/h2*2-7,9-10,12H,8H2,1H3;2*2-8,10,13H,9H2,1H3;2-4,11-12H,5-6H2,1H3;1-3,10-11H,4-5H2,(H,12,13);1H4;3*1H3;1H2;/t2*12-;2*13-;;;;;;;;/m0000......../s1. The maximum absolute atomic E-state index is 12.9. The van der Waals surface area contributed by atoms with Gasteiger partial charge in [0.25, 0.3) is 23.6 Å². The number of aliphatic hydroxyl groups is 4. The Balaban J connectivity index is 0.000000145. The van der Waals surface area contributed by atoms with E-state index in [1.54, 1.807) is 38.5 Å². The third kappa shape index (κ3) is 19.2. The molecule has 8 aliphatic rings. The van der Waals surface area contributed by atoms with Gasteiger partial charge in [-0.2, -0.15) is 0 Å². The molecule has 8 aliphatic heterocycles. The summed E-state index contributed by atoms with van der Waals surface area (Å²) in [5.74, 6) is -0.133. The molecule has 7 N–H and O–H groups in total. The second kappa shape index (κ2) is 38.6. The number of aromatic carboxylic acids is 1. The molecule has 1 radical (unpaired) electrons. The van der Waals surface area contributed by atoms with Gasteiger partial charge in [-0.25, -0.2) is 9.59 Å². The Hall–Kier alpha value is -12.1. The Kier molecular flexibility index (Phi) is 28.7. The van der Waals surface area contributed by atoms with Crippen LogP contribution in [-0.2, 0) is 56.8 Å². The summed E-state index contributed by atoms with van der Waals surface area (Å²) in [5, 5.41) is 44.0. The number of aryl methyl sites for hydroxylation is 2. The number of carboxylic acid groups (broad SMARTS) is 1. The summed E-state index contributed by atoms with van der Waals surface area (Å²) in [4.78, 5) is 106. The molecule has 18 rings (SSSR count). The van der Waals surface area contributed by atoms with E-state index in [0.29, 0.717) is 72.9 Å². The minimum atomic E-state index is -1.06. The Bertz CT molecular complexity index is 5100. The number of esters is 1. The quantitative estimate of drug-likeness (QED) is 0.0698. The van der Waals surface area contributed by atoms with Gasteiger partial charge < -0.3 is 45.2 Å². The number of ether oxygens (including phenoxy) is 3. The molecule has 23 nitrogen and oxygen atoms in total. The van der Waals surface area contributed by atoms with Crippen molar-refractivity contribution < 1.29 is 74.0 Å². The van der Waals surface area contributed by atoms with Gasteiger partial charge in [-0.15, -0.1) is 0 Å². The van der Waals surface area contributed by atoms with Gasteiger partial charge in [0.15, 0.2) is 0 Å². The van der Waals surface area contributed by atoms with Crippen LogP contribution in [-0.4, -0.2) is 157 Å². The van der Waals surface area contributed by atoms with Crippen LogP contribution in [0.1, 0.15) is 125 Å². The normalized spacial score (nSPS) is 16.3. The number of benzene rings is 10. The van der Waals surface area contributed by atoms with Gasteiger partial charge in [0.05, 0.1) is 128 Å². The van der Waals surface area contributed by atoms with E-state index >= 15 is 0 Å².